The number of piperidine rings is 1. The molecule has 0 saturated carbocycles. The van der Waals surface area contributed by atoms with E-state index in [1.54, 1.807) is 0 Å². The molecule has 24 heavy (non-hydrogen) atoms. The van der Waals surface area contributed by atoms with E-state index in [9.17, 15) is 5.11 Å². The SMILES string of the molecule is C[C@H](CN1CCC(Cc2ccccc2)CC1)[C@H](O)c1ccccc1. The minimum absolute atomic E-state index is 0.262. The summed E-state index contributed by atoms with van der Waals surface area (Å²) in [5.74, 6) is 1.07. The summed E-state index contributed by atoms with van der Waals surface area (Å²) in [7, 11) is 0. The van der Waals surface area contributed by atoms with Crippen LogP contribution in [-0.2, 0) is 6.42 Å². The van der Waals surface area contributed by atoms with Crippen LogP contribution in [0, 0.1) is 11.8 Å². The molecule has 1 aliphatic heterocycles. The molecule has 1 saturated heterocycles. The van der Waals surface area contributed by atoms with E-state index in [1.807, 2.05) is 30.3 Å². The molecule has 2 heteroatoms. The Kier molecular flexibility index (Phi) is 6.06. The maximum atomic E-state index is 10.5. The van der Waals surface area contributed by atoms with Crippen molar-refractivity contribution < 1.29 is 5.11 Å². The van der Waals surface area contributed by atoms with Crippen LogP contribution in [0.5, 0.6) is 0 Å². The Labute approximate surface area is 146 Å². The number of benzene rings is 2. The highest BCUT2D eigenvalue weighted by Crippen LogP contribution is 2.26. The molecule has 1 fully saturated rings. The molecule has 128 valence electrons. The summed E-state index contributed by atoms with van der Waals surface area (Å²) in [5.41, 5.74) is 2.49. The smallest absolute Gasteiger partial charge is 0.0827 e. The predicted molar refractivity (Wildman–Crippen MR) is 99.9 cm³/mol. The van der Waals surface area contributed by atoms with E-state index < -0.39 is 0 Å². The Morgan fingerprint density at radius 2 is 1.54 bits per heavy atom. The monoisotopic (exact) mass is 323 g/mol. The third kappa shape index (κ3) is 4.68. The number of rotatable bonds is 6. The molecule has 0 radical (unpaired) electrons. The molecular formula is C22H29NO. The van der Waals surface area contributed by atoms with Gasteiger partial charge in [-0.05, 0) is 55.3 Å². The van der Waals surface area contributed by atoms with Crippen LogP contribution in [0.4, 0.5) is 0 Å². The molecule has 0 aliphatic carbocycles. The Morgan fingerprint density at radius 1 is 0.958 bits per heavy atom. The summed E-state index contributed by atoms with van der Waals surface area (Å²) in [4.78, 5) is 2.53. The lowest BCUT2D eigenvalue weighted by atomic mass is 9.89. The molecule has 0 spiro atoms. The number of aliphatic hydroxyl groups excluding tert-OH is 1. The number of nitrogens with zero attached hydrogens (tertiary/aromatic N) is 1. The van der Waals surface area contributed by atoms with E-state index >= 15 is 0 Å². The molecule has 2 aromatic carbocycles. The van der Waals surface area contributed by atoms with Gasteiger partial charge in [0.05, 0.1) is 6.10 Å². The van der Waals surface area contributed by atoms with Crippen molar-refractivity contribution in [1.82, 2.24) is 4.90 Å². The molecule has 0 amide bonds. The van der Waals surface area contributed by atoms with E-state index in [0.29, 0.717) is 0 Å². The van der Waals surface area contributed by atoms with Crippen molar-refractivity contribution in [3.05, 3.63) is 71.8 Å². The van der Waals surface area contributed by atoms with Crippen LogP contribution >= 0.6 is 0 Å². The number of likely N-dealkylation sites (tertiary alicyclic amines) is 1. The van der Waals surface area contributed by atoms with Gasteiger partial charge in [-0.15, -0.1) is 0 Å². The van der Waals surface area contributed by atoms with Crippen molar-refractivity contribution in [3.63, 3.8) is 0 Å². The summed E-state index contributed by atoms with van der Waals surface area (Å²) in [6.45, 7) is 5.45. The van der Waals surface area contributed by atoms with Crippen molar-refractivity contribution in [2.75, 3.05) is 19.6 Å². The Morgan fingerprint density at radius 3 is 2.17 bits per heavy atom. The van der Waals surface area contributed by atoms with Gasteiger partial charge in [-0.3, -0.25) is 0 Å². The van der Waals surface area contributed by atoms with E-state index in [4.69, 9.17) is 0 Å². The van der Waals surface area contributed by atoms with Gasteiger partial charge in [0.2, 0.25) is 0 Å². The third-order valence-electron chi connectivity index (χ3n) is 5.30. The highest BCUT2D eigenvalue weighted by molar-refractivity contribution is 5.18. The molecule has 0 unspecified atom stereocenters. The fourth-order valence-electron chi connectivity index (χ4n) is 3.81. The summed E-state index contributed by atoms with van der Waals surface area (Å²) < 4.78 is 0. The molecule has 2 atom stereocenters. The average molecular weight is 323 g/mol. The van der Waals surface area contributed by atoms with Crippen LogP contribution in [0.3, 0.4) is 0 Å². The molecule has 3 rings (SSSR count). The lowest BCUT2D eigenvalue weighted by molar-refractivity contribution is 0.0752. The van der Waals surface area contributed by atoms with Crippen molar-refractivity contribution >= 4 is 0 Å². The zero-order valence-electron chi connectivity index (χ0n) is 14.6. The molecule has 0 bridgehead atoms. The number of hydrogen-bond acceptors (Lipinski definition) is 2. The van der Waals surface area contributed by atoms with Gasteiger partial charge in [-0.25, -0.2) is 0 Å². The topological polar surface area (TPSA) is 23.5 Å². The second kappa shape index (κ2) is 8.46. The second-order valence-electron chi connectivity index (χ2n) is 7.27. The summed E-state index contributed by atoms with van der Waals surface area (Å²) >= 11 is 0. The van der Waals surface area contributed by atoms with Gasteiger partial charge in [-0.2, -0.15) is 0 Å². The van der Waals surface area contributed by atoms with E-state index in [0.717, 1.165) is 31.1 Å². The number of aliphatic hydroxyl groups is 1. The fraction of sp³-hybridized carbons (Fsp3) is 0.455. The standard InChI is InChI=1S/C22H29NO/c1-18(22(24)21-10-6-3-7-11-21)17-23-14-12-20(13-15-23)16-19-8-4-2-5-9-19/h2-11,18,20,22,24H,12-17H2,1H3/t18-,22+/m1/s1. The molecule has 2 aromatic rings. The Balaban J connectivity index is 1.45. The largest absolute Gasteiger partial charge is 0.388 e. The van der Waals surface area contributed by atoms with Crippen molar-refractivity contribution in [3.8, 4) is 0 Å². The predicted octanol–water partition coefficient (Wildman–Crippen LogP) is 4.31. The van der Waals surface area contributed by atoms with Crippen molar-refractivity contribution in [1.29, 1.82) is 0 Å². The highest BCUT2D eigenvalue weighted by Gasteiger charge is 2.23. The average Bonchev–Trinajstić information content (AvgIpc) is 2.64. The minimum Gasteiger partial charge on any atom is -0.388 e. The Bertz CT molecular complexity index is 590. The quantitative estimate of drug-likeness (QED) is 0.856. The zero-order valence-corrected chi connectivity index (χ0v) is 14.6. The molecule has 2 nitrogen and oxygen atoms in total. The molecule has 0 aromatic heterocycles. The van der Waals surface area contributed by atoms with Crippen LogP contribution in [0.15, 0.2) is 60.7 Å². The van der Waals surface area contributed by atoms with Crippen LogP contribution in [0.1, 0.15) is 37.0 Å². The molecule has 1 N–H and O–H groups in total. The van der Waals surface area contributed by atoms with Crippen molar-refractivity contribution in [2.45, 2.75) is 32.3 Å². The van der Waals surface area contributed by atoms with Gasteiger partial charge in [0.15, 0.2) is 0 Å². The fourth-order valence-corrected chi connectivity index (χ4v) is 3.81. The van der Waals surface area contributed by atoms with Gasteiger partial charge < -0.3 is 10.0 Å². The third-order valence-corrected chi connectivity index (χ3v) is 5.30. The van der Waals surface area contributed by atoms with E-state index in [-0.39, 0.29) is 12.0 Å². The van der Waals surface area contributed by atoms with Gasteiger partial charge in [-0.1, -0.05) is 67.6 Å². The maximum Gasteiger partial charge on any atom is 0.0827 e. The van der Waals surface area contributed by atoms with Crippen LogP contribution < -0.4 is 0 Å². The number of hydrogen-bond donors (Lipinski definition) is 1. The first-order valence-electron chi connectivity index (χ1n) is 9.21. The van der Waals surface area contributed by atoms with Crippen molar-refractivity contribution in [2.24, 2.45) is 11.8 Å². The van der Waals surface area contributed by atoms with E-state index in [2.05, 4.69) is 42.2 Å². The normalized spacial score (nSPS) is 19.1. The Hall–Kier alpha value is -1.64. The summed E-state index contributed by atoms with van der Waals surface area (Å²) in [6, 6.07) is 20.9. The second-order valence-corrected chi connectivity index (χ2v) is 7.27. The van der Waals surface area contributed by atoms with E-state index in [1.165, 1.54) is 24.8 Å². The highest BCUT2D eigenvalue weighted by atomic mass is 16.3. The van der Waals surface area contributed by atoms with Crippen LogP contribution in [0.25, 0.3) is 0 Å². The van der Waals surface area contributed by atoms with Crippen LogP contribution in [0.2, 0.25) is 0 Å². The molecule has 1 aliphatic rings. The van der Waals surface area contributed by atoms with Gasteiger partial charge in [0.25, 0.3) is 0 Å². The first-order valence-corrected chi connectivity index (χ1v) is 9.21. The van der Waals surface area contributed by atoms with Gasteiger partial charge >= 0.3 is 0 Å². The lowest BCUT2D eigenvalue weighted by Gasteiger charge is -2.34. The summed E-state index contributed by atoms with van der Waals surface area (Å²) in [6.07, 6.45) is 3.37. The maximum absolute atomic E-state index is 10.5. The zero-order chi connectivity index (χ0) is 16.8. The van der Waals surface area contributed by atoms with Gasteiger partial charge in [0, 0.05) is 6.54 Å². The summed E-state index contributed by atoms with van der Waals surface area (Å²) in [5, 5.41) is 10.5. The molecular weight excluding hydrogens is 294 g/mol. The minimum atomic E-state index is -0.367. The molecule has 1 heterocycles. The first kappa shape index (κ1) is 17.2. The van der Waals surface area contributed by atoms with Crippen LogP contribution in [-0.4, -0.2) is 29.6 Å². The van der Waals surface area contributed by atoms with Gasteiger partial charge in [0.1, 0.15) is 0 Å². The first-order chi connectivity index (χ1) is 11.7. The lowest BCUT2D eigenvalue weighted by Crippen LogP contribution is -2.38.